The Morgan fingerprint density at radius 1 is 1.11 bits per heavy atom. The van der Waals surface area contributed by atoms with Crippen LogP contribution in [0.5, 0.6) is 0 Å². The van der Waals surface area contributed by atoms with E-state index < -0.39 is 5.92 Å². The second-order valence-corrected chi connectivity index (χ2v) is 6.35. The van der Waals surface area contributed by atoms with E-state index in [0.717, 1.165) is 11.1 Å². The molecule has 1 atom stereocenters. The molecule has 0 N–H and O–H groups in total. The fraction of sp³-hybridized carbons (Fsp3) is 0.227. The number of amides is 1. The maximum atomic E-state index is 13.0. The molecule has 2 aromatic carbocycles. The second kappa shape index (κ2) is 8.40. The van der Waals surface area contributed by atoms with Gasteiger partial charge in [0.25, 0.3) is 0 Å². The van der Waals surface area contributed by atoms with Gasteiger partial charge in [-0.3, -0.25) is 14.5 Å². The van der Waals surface area contributed by atoms with Crippen LogP contribution >= 0.6 is 0 Å². The Labute approximate surface area is 163 Å². The predicted octanol–water partition coefficient (Wildman–Crippen LogP) is 3.28. The highest BCUT2D eigenvalue weighted by Crippen LogP contribution is 2.36. The fourth-order valence-corrected chi connectivity index (χ4v) is 3.13. The highest BCUT2D eigenvalue weighted by atomic mass is 16.5. The van der Waals surface area contributed by atoms with Gasteiger partial charge in [0, 0.05) is 12.1 Å². The van der Waals surface area contributed by atoms with Crippen molar-refractivity contribution >= 4 is 17.6 Å². The van der Waals surface area contributed by atoms with Gasteiger partial charge >= 0.3 is 5.97 Å². The molecular weight excluding hydrogens is 356 g/mol. The van der Waals surface area contributed by atoms with Gasteiger partial charge in [0.15, 0.2) is 0 Å². The number of nitriles is 1. The molecule has 0 radical (unpaired) electrons. The molecule has 28 heavy (non-hydrogen) atoms. The molecule has 0 aromatic heterocycles. The number of esters is 1. The molecule has 0 saturated carbocycles. The molecule has 1 aliphatic heterocycles. The monoisotopic (exact) mass is 376 g/mol. The third kappa shape index (κ3) is 3.89. The second-order valence-electron chi connectivity index (χ2n) is 6.35. The summed E-state index contributed by atoms with van der Waals surface area (Å²) < 4.78 is 10.1. The van der Waals surface area contributed by atoms with Crippen molar-refractivity contribution in [1.29, 1.82) is 5.26 Å². The number of anilines is 1. The first kappa shape index (κ1) is 19.2. The van der Waals surface area contributed by atoms with Crippen LogP contribution in [0.3, 0.4) is 0 Å². The van der Waals surface area contributed by atoms with E-state index in [4.69, 9.17) is 10.00 Å². The molecule has 0 saturated heterocycles. The van der Waals surface area contributed by atoms with E-state index in [1.165, 1.54) is 12.0 Å². The first-order chi connectivity index (χ1) is 13.6. The molecule has 3 rings (SSSR count). The summed E-state index contributed by atoms with van der Waals surface area (Å²) in [6, 6.07) is 16.5. The zero-order valence-electron chi connectivity index (χ0n) is 15.7. The Hall–Kier alpha value is -3.59. The predicted molar refractivity (Wildman–Crippen MR) is 103 cm³/mol. The van der Waals surface area contributed by atoms with Crippen molar-refractivity contribution in [2.75, 3.05) is 19.1 Å². The van der Waals surface area contributed by atoms with Gasteiger partial charge in [0.05, 0.1) is 32.1 Å². The molecule has 1 heterocycles. The van der Waals surface area contributed by atoms with E-state index in [1.807, 2.05) is 24.3 Å². The summed E-state index contributed by atoms with van der Waals surface area (Å²) in [5.74, 6) is -0.353. The largest absolute Gasteiger partial charge is 0.498 e. The molecule has 0 bridgehead atoms. The van der Waals surface area contributed by atoms with Gasteiger partial charge in [-0.1, -0.05) is 24.3 Å². The van der Waals surface area contributed by atoms with Crippen molar-refractivity contribution in [3.8, 4) is 6.07 Å². The zero-order chi connectivity index (χ0) is 20.1. The Kier molecular flexibility index (Phi) is 5.75. The van der Waals surface area contributed by atoms with Crippen LogP contribution in [-0.2, 0) is 25.5 Å². The summed E-state index contributed by atoms with van der Waals surface area (Å²) in [5, 5.41) is 8.93. The number of aryl methyl sites for hydroxylation is 1. The summed E-state index contributed by atoms with van der Waals surface area (Å²) in [6.45, 7) is 0. The van der Waals surface area contributed by atoms with Crippen molar-refractivity contribution < 1.29 is 19.1 Å². The van der Waals surface area contributed by atoms with Crippen LogP contribution in [0.15, 0.2) is 60.5 Å². The van der Waals surface area contributed by atoms with Crippen LogP contribution in [0.2, 0.25) is 0 Å². The van der Waals surface area contributed by atoms with E-state index in [2.05, 4.69) is 10.8 Å². The highest BCUT2D eigenvalue weighted by Gasteiger charge is 2.36. The van der Waals surface area contributed by atoms with Crippen LogP contribution < -0.4 is 4.90 Å². The number of nitrogens with zero attached hydrogens (tertiary/aromatic N) is 2. The number of carbonyl (C=O) groups excluding carboxylic acids is 2. The Balaban J connectivity index is 1.80. The summed E-state index contributed by atoms with van der Waals surface area (Å²) in [6.07, 6.45) is 2.57. The average molecular weight is 376 g/mol. The first-order valence-electron chi connectivity index (χ1n) is 8.82. The maximum Gasteiger partial charge on any atom is 0.305 e. The normalized spacial score (nSPS) is 15.8. The van der Waals surface area contributed by atoms with Crippen LogP contribution in [0.1, 0.15) is 29.0 Å². The third-order valence-corrected chi connectivity index (χ3v) is 4.69. The van der Waals surface area contributed by atoms with Gasteiger partial charge in [-0.25, -0.2) is 0 Å². The summed E-state index contributed by atoms with van der Waals surface area (Å²) >= 11 is 0. The number of ether oxygens (including phenoxy) is 2. The lowest BCUT2D eigenvalue weighted by Crippen LogP contribution is -2.25. The topological polar surface area (TPSA) is 79.6 Å². The maximum absolute atomic E-state index is 13.0. The van der Waals surface area contributed by atoms with E-state index in [9.17, 15) is 9.59 Å². The minimum Gasteiger partial charge on any atom is -0.498 e. The Bertz CT molecular complexity index is 940. The number of hydrogen-bond donors (Lipinski definition) is 0. The van der Waals surface area contributed by atoms with Crippen molar-refractivity contribution in [2.24, 2.45) is 0 Å². The standard InChI is InChI=1S/C22H20N2O4/c1-27-19-14-24(18-10-5-16(13-23)6-11-18)22(26)21(19)17-8-3-15(4-9-17)7-12-20(25)28-2/h3-6,8-11,14,21H,7,12H2,1-2H3. The number of hydrogen-bond acceptors (Lipinski definition) is 5. The van der Waals surface area contributed by atoms with Gasteiger partial charge in [0.2, 0.25) is 5.91 Å². The van der Waals surface area contributed by atoms with E-state index in [-0.39, 0.29) is 11.9 Å². The third-order valence-electron chi connectivity index (χ3n) is 4.69. The number of carbonyl (C=O) groups is 2. The Morgan fingerprint density at radius 2 is 1.79 bits per heavy atom. The van der Waals surface area contributed by atoms with Crippen molar-refractivity contribution in [2.45, 2.75) is 18.8 Å². The minimum absolute atomic E-state index is 0.121. The van der Waals surface area contributed by atoms with Gasteiger partial charge in [-0.2, -0.15) is 5.26 Å². The average Bonchev–Trinajstić information content (AvgIpc) is 3.08. The Morgan fingerprint density at radius 3 is 2.36 bits per heavy atom. The van der Waals surface area contributed by atoms with Crippen LogP contribution in [0, 0.1) is 11.3 Å². The summed E-state index contributed by atoms with van der Waals surface area (Å²) in [7, 11) is 2.91. The minimum atomic E-state index is -0.532. The van der Waals surface area contributed by atoms with E-state index in [0.29, 0.717) is 29.9 Å². The van der Waals surface area contributed by atoms with Gasteiger partial charge < -0.3 is 9.47 Å². The molecule has 142 valence electrons. The van der Waals surface area contributed by atoms with Gasteiger partial charge in [0.1, 0.15) is 11.7 Å². The lowest BCUT2D eigenvalue weighted by Gasteiger charge is -2.17. The molecule has 1 amide bonds. The first-order valence-corrected chi connectivity index (χ1v) is 8.82. The van der Waals surface area contributed by atoms with Crippen LogP contribution in [0.4, 0.5) is 5.69 Å². The van der Waals surface area contributed by atoms with Crippen LogP contribution in [0.25, 0.3) is 0 Å². The van der Waals surface area contributed by atoms with Gasteiger partial charge in [-0.15, -0.1) is 0 Å². The molecular formula is C22H20N2O4. The fourth-order valence-electron chi connectivity index (χ4n) is 3.13. The highest BCUT2D eigenvalue weighted by molar-refractivity contribution is 6.04. The van der Waals surface area contributed by atoms with Crippen LogP contribution in [-0.4, -0.2) is 26.1 Å². The molecule has 0 aliphatic carbocycles. The van der Waals surface area contributed by atoms with Crippen molar-refractivity contribution in [3.05, 3.63) is 77.2 Å². The quantitative estimate of drug-likeness (QED) is 0.723. The molecule has 6 heteroatoms. The smallest absolute Gasteiger partial charge is 0.305 e. The summed E-state index contributed by atoms with van der Waals surface area (Å²) in [4.78, 5) is 25.9. The lowest BCUT2D eigenvalue weighted by atomic mass is 9.96. The number of benzene rings is 2. The molecule has 0 spiro atoms. The lowest BCUT2D eigenvalue weighted by molar-refractivity contribution is -0.140. The molecule has 2 aromatic rings. The molecule has 6 nitrogen and oxygen atoms in total. The number of methoxy groups -OCH3 is 2. The SMILES string of the molecule is COC(=O)CCc1ccc(C2C(=O)N(c3ccc(C#N)cc3)C=C2OC)cc1. The van der Waals surface area contributed by atoms with Crippen molar-refractivity contribution in [3.63, 3.8) is 0 Å². The van der Waals surface area contributed by atoms with E-state index >= 15 is 0 Å². The molecule has 0 fully saturated rings. The zero-order valence-corrected chi connectivity index (χ0v) is 15.7. The summed E-state index contributed by atoms with van der Waals surface area (Å²) in [5.41, 5.74) is 3.02. The molecule has 1 unspecified atom stereocenters. The van der Waals surface area contributed by atoms with Crippen molar-refractivity contribution in [1.82, 2.24) is 0 Å². The van der Waals surface area contributed by atoms with E-state index in [1.54, 1.807) is 37.6 Å². The number of rotatable bonds is 6. The molecule has 1 aliphatic rings. The van der Waals surface area contributed by atoms with Gasteiger partial charge in [-0.05, 0) is 41.8 Å².